The first-order valence-corrected chi connectivity index (χ1v) is 11.7. The molecule has 172 valence electrons. The van der Waals surface area contributed by atoms with E-state index < -0.39 is 0 Å². The van der Waals surface area contributed by atoms with Gasteiger partial charge in [-0.15, -0.1) is 0 Å². The van der Waals surface area contributed by atoms with Crippen LogP contribution in [0.2, 0.25) is 5.02 Å². The van der Waals surface area contributed by atoms with Crippen molar-refractivity contribution >= 4 is 46.5 Å². The highest BCUT2D eigenvalue weighted by Gasteiger charge is 2.22. The number of hydrogen-bond donors (Lipinski definition) is 1. The van der Waals surface area contributed by atoms with Crippen LogP contribution in [0.3, 0.4) is 0 Å². The fourth-order valence-electron chi connectivity index (χ4n) is 3.56. The summed E-state index contributed by atoms with van der Waals surface area (Å²) < 4.78 is 18.5. The molecule has 1 fully saturated rings. The molecule has 1 aromatic heterocycles. The average molecular weight is 488 g/mol. The van der Waals surface area contributed by atoms with Crippen molar-refractivity contribution in [3.8, 4) is 5.75 Å². The Kier molecular flexibility index (Phi) is 7.51. The summed E-state index contributed by atoms with van der Waals surface area (Å²) >= 11 is 7.37. The van der Waals surface area contributed by atoms with E-state index in [0.29, 0.717) is 21.5 Å². The lowest BCUT2D eigenvalue weighted by Gasteiger charge is -2.37. The SMILES string of the molecule is COc1ccc(Cl)cc1NC(=O)CSc1nccnc1N1CCN(c2ccc(F)cc2)CC1. The molecule has 1 amide bonds. The molecular weight excluding hydrogens is 465 g/mol. The number of rotatable bonds is 7. The summed E-state index contributed by atoms with van der Waals surface area (Å²) in [5, 5.41) is 4.04. The van der Waals surface area contributed by atoms with Gasteiger partial charge in [0, 0.05) is 49.3 Å². The van der Waals surface area contributed by atoms with Gasteiger partial charge < -0.3 is 19.9 Å². The zero-order valence-electron chi connectivity index (χ0n) is 18.0. The third-order valence-corrected chi connectivity index (χ3v) is 6.40. The second-order valence-electron chi connectivity index (χ2n) is 7.32. The topological polar surface area (TPSA) is 70.6 Å². The number of thioether (sulfide) groups is 1. The van der Waals surface area contributed by atoms with E-state index in [1.54, 1.807) is 42.7 Å². The maximum atomic E-state index is 13.2. The van der Waals surface area contributed by atoms with E-state index in [2.05, 4.69) is 25.1 Å². The Morgan fingerprint density at radius 3 is 2.52 bits per heavy atom. The van der Waals surface area contributed by atoms with E-state index >= 15 is 0 Å². The van der Waals surface area contributed by atoms with Gasteiger partial charge in [0.05, 0.1) is 18.6 Å². The van der Waals surface area contributed by atoms with Gasteiger partial charge in [0.15, 0.2) is 5.82 Å². The number of hydrogen-bond acceptors (Lipinski definition) is 7. The summed E-state index contributed by atoms with van der Waals surface area (Å²) in [7, 11) is 1.54. The van der Waals surface area contributed by atoms with Gasteiger partial charge in [-0.2, -0.15) is 0 Å². The van der Waals surface area contributed by atoms with Crippen molar-refractivity contribution in [2.24, 2.45) is 0 Å². The van der Waals surface area contributed by atoms with Gasteiger partial charge in [-0.25, -0.2) is 14.4 Å². The lowest BCUT2D eigenvalue weighted by molar-refractivity contribution is -0.113. The van der Waals surface area contributed by atoms with Crippen LogP contribution in [0.25, 0.3) is 0 Å². The lowest BCUT2D eigenvalue weighted by atomic mass is 10.2. The summed E-state index contributed by atoms with van der Waals surface area (Å²) in [5.74, 6) is 1.03. The van der Waals surface area contributed by atoms with Crippen molar-refractivity contribution in [1.29, 1.82) is 0 Å². The van der Waals surface area contributed by atoms with Crippen LogP contribution in [0.1, 0.15) is 0 Å². The minimum atomic E-state index is -0.239. The summed E-state index contributed by atoms with van der Waals surface area (Å²) in [5.41, 5.74) is 1.52. The van der Waals surface area contributed by atoms with Gasteiger partial charge in [0.2, 0.25) is 5.91 Å². The summed E-state index contributed by atoms with van der Waals surface area (Å²) in [4.78, 5) is 25.9. The molecule has 2 heterocycles. The number of piperazine rings is 1. The molecule has 0 aliphatic carbocycles. The van der Waals surface area contributed by atoms with E-state index in [9.17, 15) is 9.18 Å². The highest BCUT2D eigenvalue weighted by molar-refractivity contribution is 8.00. The average Bonchev–Trinajstić information content (AvgIpc) is 2.84. The third-order valence-electron chi connectivity index (χ3n) is 5.19. The Morgan fingerprint density at radius 1 is 1.09 bits per heavy atom. The minimum absolute atomic E-state index is 0.164. The number of anilines is 3. The quantitative estimate of drug-likeness (QED) is 0.497. The lowest BCUT2D eigenvalue weighted by Crippen LogP contribution is -2.47. The van der Waals surface area contributed by atoms with Crippen LogP contribution < -0.4 is 19.9 Å². The summed E-state index contributed by atoms with van der Waals surface area (Å²) in [6.45, 7) is 3.05. The van der Waals surface area contributed by atoms with Gasteiger partial charge in [0.1, 0.15) is 16.6 Å². The van der Waals surface area contributed by atoms with Crippen LogP contribution in [-0.4, -0.2) is 54.9 Å². The first-order chi connectivity index (χ1) is 16.0. The van der Waals surface area contributed by atoms with Crippen LogP contribution in [0.5, 0.6) is 5.75 Å². The monoisotopic (exact) mass is 487 g/mol. The van der Waals surface area contributed by atoms with E-state index in [1.807, 2.05) is 0 Å². The van der Waals surface area contributed by atoms with E-state index in [0.717, 1.165) is 37.7 Å². The number of nitrogens with zero attached hydrogens (tertiary/aromatic N) is 4. The predicted octanol–water partition coefficient (Wildman–Crippen LogP) is 4.34. The molecule has 33 heavy (non-hydrogen) atoms. The molecular formula is C23H23ClFN5O2S. The maximum absolute atomic E-state index is 13.2. The molecule has 1 saturated heterocycles. The first kappa shape index (κ1) is 23.1. The van der Waals surface area contributed by atoms with Crippen molar-refractivity contribution < 1.29 is 13.9 Å². The van der Waals surface area contributed by atoms with Crippen LogP contribution in [-0.2, 0) is 4.79 Å². The van der Waals surface area contributed by atoms with Crippen molar-refractivity contribution in [1.82, 2.24) is 9.97 Å². The maximum Gasteiger partial charge on any atom is 0.234 e. The van der Waals surface area contributed by atoms with Gasteiger partial charge in [-0.1, -0.05) is 23.4 Å². The van der Waals surface area contributed by atoms with Gasteiger partial charge in [0.25, 0.3) is 0 Å². The largest absolute Gasteiger partial charge is 0.495 e. The van der Waals surface area contributed by atoms with Crippen molar-refractivity contribution in [2.45, 2.75) is 5.03 Å². The molecule has 1 N–H and O–H groups in total. The van der Waals surface area contributed by atoms with Crippen molar-refractivity contribution in [3.05, 3.63) is 65.7 Å². The smallest absolute Gasteiger partial charge is 0.234 e. The zero-order chi connectivity index (χ0) is 23.2. The molecule has 1 aliphatic heterocycles. The Labute approximate surface area is 200 Å². The second kappa shape index (κ2) is 10.7. The van der Waals surface area contributed by atoms with E-state index in [4.69, 9.17) is 16.3 Å². The van der Waals surface area contributed by atoms with Gasteiger partial charge in [-0.05, 0) is 42.5 Å². The summed E-state index contributed by atoms with van der Waals surface area (Å²) in [6.07, 6.45) is 3.28. The number of methoxy groups -OCH3 is 1. The van der Waals surface area contributed by atoms with Gasteiger partial charge >= 0.3 is 0 Å². The van der Waals surface area contributed by atoms with E-state index in [-0.39, 0.29) is 17.5 Å². The molecule has 2 aromatic carbocycles. The number of carbonyl (C=O) groups is 1. The van der Waals surface area contributed by atoms with Crippen LogP contribution in [0, 0.1) is 5.82 Å². The second-order valence-corrected chi connectivity index (χ2v) is 8.72. The number of aromatic nitrogens is 2. The fourth-order valence-corrected chi connectivity index (χ4v) is 4.52. The first-order valence-electron chi connectivity index (χ1n) is 10.4. The number of carbonyl (C=O) groups excluding carboxylic acids is 1. The van der Waals surface area contributed by atoms with Crippen LogP contribution in [0.4, 0.5) is 21.6 Å². The van der Waals surface area contributed by atoms with Crippen molar-refractivity contribution in [2.75, 3.05) is 54.2 Å². The van der Waals surface area contributed by atoms with Crippen molar-refractivity contribution in [3.63, 3.8) is 0 Å². The zero-order valence-corrected chi connectivity index (χ0v) is 19.6. The molecule has 0 saturated carbocycles. The highest BCUT2D eigenvalue weighted by Crippen LogP contribution is 2.30. The van der Waals surface area contributed by atoms with Crippen LogP contribution >= 0.6 is 23.4 Å². The molecule has 10 heteroatoms. The molecule has 0 unspecified atom stereocenters. The van der Waals surface area contributed by atoms with Gasteiger partial charge in [-0.3, -0.25) is 4.79 Å². The molecule has 3 aromatic rings. The number of halogens is 2. The minimum Gasteiger partial charge on any atom is -0.495 e. The molecule has 7 nitrogen and oxygen atoms in total. The summed E-state index contributed by atoms with van der Waals surface area (Å²) in [6, 6.07) is 11.6. The Hall–Kier alpha value is -3.04. The Balaban J connectivity index is 1.37. The number of amides is 1. The standard InChI is InChI=1S/C23H23ClFN5O2S/c1-32-20-7-2-16(24)14-19(20)28-21(31)15-33-23-22(26-8-9-27-23)30-12-10-29(11-13-30)18-5-3-17(25)4-6-18/h2-9,14H,10-13,15H2,1H3,(H,28,31). The Morgan fingerprint density at radius 2 is 1.79 bits per heavy atom. The normalized spacial score (nSPS) is 13.7. The third kappa shape index (κ3) is 5.85. The Bertz CT molecular complexity index is 1110. The van der Waals surface area contributed by atoms with Crippen LogP contribution in [0.15, 0.2) is 59.9 Å². The molecule has 4 rings (SSSR count). The molecule has 0 radical (unpaired) electrons. The molecule has 0 bridgehead atoms. The number of benzene rings is 2. The number of nitrogens with one attached hydrogen (secondary N) is 1. The fraction of sp³-hybridized carbons (Fsp3) is 0.261. The highest BCUT2D eigenvalue weighted by atomic mass is 35.5. The molecule has 0 spiro atoms. The molecule has 0 atom stereocenters. The number of ether oxygens (including phenoxy) is 1. The predicted molar refractivity (Wildman–Crippen MR) is 130 cm³/mol. The van der Waals surface area contributed by atoms with E-state index in [1.165, 1.54) is 31.0 Å². The molecule has 1 aliphatic rings.